The van der Waals surface area contributed by atoms with Gasteiger partial charge in [-0.2, -0.15) is 0 Å². The summed E-state index contributed by atoms with van der Waals surface area (Å²) >= 11 is 5.90. The minimum absolute atomic E-state index is 0.0725. The van der Waals surface area contributed by atoms with Crippen LogP contribution in [0.25, 0.3) is 16.7 Å². The second-order valence-electron chi connectivity index (χ2n) is 5.41. The summed E-state index contributed by atoms with van der Waals surface area (Å²) < 4.78 is 2.00. The first-order chi connectivity index (χ1) is 11.9. The smallest absolute Gasteiger partial charge is 0.172 e. The van der Waals surface area contributed by atoms with Crippen LogP contribution in [0, 0.1) is 0 Å². The van der Waals surface area contributed by atoms with Crippen LogP contribution in [0.5, 0.6) is 5.75 Å². The molecule has 25 heavy (non-hydrogen) atoms. The largest absolute Gasteiger partial charge is 0.508 e. The van der Waals surface area contributed by atoms with Gasteiger partial charge in [0, 0.05) is 12.6 Å². The van der Waals surface area contributed by atoms with E-state index in [0.29, 0.717) is 24.5 Å². The predicted molar refractivity (Wildman–Crippen MR) is 98.8 cm³/mol. The van der Waals surface area contributed by atoms with E-state index in [1.54, 1.807) is 18.2 Å². The van der Waals surface area contributed by atoms with Gasteiger partial charge in [0.25, 0.3) is 0 Å². The molecule has 6 N–H and O–H groups in total. The van der Waals surface area contributed by atoms with E-state index >= 15 is 0 Å². The van der Waals surface area contributed by atoms with Crippen LogP contribution < -0.4 is 16.8 Å². The van der Waals surface area contributed by atoms with Gasteiger partial charge in [0.2, 0.25) is 0 Å². The lowest BCUT2D eigenvalue weighted by Gasteiger charge is -2.12. The molecule has 3 rings (SSSR count). The lowest BCUT2D eigenvalue weighted by molar-refractivity contribution is 0.476. The van der Waals surface area contributed by atoms with Crippen molar-refractivity contribution in [1.82, 2.24) is 24.8 Å². The van der Waals surface area contributed by atoms with E-state index in [9.17, 15) is 5.11 Å². The first-order valence-corrected chi connectivity index (χ1v) is 7.98. The number of hydrogen-bond acceptors (Lipinski definition) is 7. The number of anilines is 2. The van der Waals surface area contributed by atoms with E-state index < -0.39 is 0 Å². The van der Waals surface area contributed by atoms with E-state index in [0.717, 1.165) is 16.9 Å². The van der Waals surface area contributed by atoms with Gasteiger partial charge in [-0.25, -0.2) is 15.0 Å². The Hall–Kier alpha value is -3.00. The molecule has 0 atom stereocenters. The number of aryl methyl sites for hydroxylation is 1. The molecule has 0 unspecified atom stereocenters. The standard InChI is InChI=1S/C16H18ClN7O/c1-3-24-11-6-9(25)4-5-10(11)21-12(24)7-20-8(2)13-15(18)23-16(19)14(17)22-13/h4-6,20,25H,2-3,7H2,1H3,(H4,18,19,23). The highest BCUT2D eigenvalue weighted by atomic mass is 35.5. The molecule has 0 radical (unpaired) electrons. The molecule has 2 aromatic heterocycles. The molecule has 0 aliphatic rings. The van der Waals surface area contributed by atoms with Crippen LogP contribution in [0.1, 0.15) is 18.4 Å². The molecule has 3 aromatic rings. The number of aromatic nitrogens is 4. The van der Waals surface area contributed by atoms with Crippen LogP contribution in [0.4, 0.5) is 11.6 Å². The molecule has 2 heterocycles. The van der Waals surface area contributed by atoms with Crippen LogP contribution in [0.3, 0.4) is 0 Å². The van der Waals surface area contributed by atoms with Gasteiger partial charge in [-0.15, -0.1) is 0 Å². The van der Waals surface area contributed by atoms with Crippen molar-refractivity contribution in [2.45, 2.75) is 20.0 Å². The number of nitrogen functional groups attached to an aromatic ring is 2. The minimum Gasteiger partial charge on any atom is -0.508 e. The third-order valence-corrected chi connectivity index (χ3v) is 4.06. The Balaban J connectivity index is 1.85. The van der Waals surface area contributed by atoms with Crippen molar-refractivity contribution in [3.05, 3.63) is 41.4 Å². The highest BCUT2D eigenvalue weighted by Crippen LogP contribution is 2.23. The topological polar surface area (TPSA) is 128 Å². The summed E-state index contributed by atoms with van der Waals surface area (Å²) in [7, 11) is 0. The molecule has 0 spiro atoms. The Morgan fingerprint density at radius 2 is 2.04 bits per heavy atom. The molecular formula is C16H18ClN7O. The highest BCUT2D eigenvalue weighted by molar-refractivity contribution is 6.31. The lowest BCUT2D eigenvalue weighted by atomic mass is 10.3. The maximum Gasteiger partial charge on any atom is 0.172 e. The average molecular weight is 360 g/mol. The van der Waals surface area contributed by atoms with Crippen molar-refractivity contribution < 1.29 is 5.11 Å². The number of nitrogens with two attached hydrogens (primary N) is 2. The molecule has 0 aliphatic carbocycles. The molecule has 0 saturated heterocycles. The van der Waals surface area contributed by atoms with Gasteiger partial charge < -0.3 is 26.5 Å². The van der Waals surface area contributed by atoms with E-state index in [1.165, 1.54) is 0 Å². The maximum atomic E-state index is 9.68. The van der Waals surface area contributed by atoms with Crippen LogP contribution in [0.15, 0.2) is 24.8 Å². The summed E-state index contributed by atoms with van der Waals surface area (Å²) in [6.45, 7) is 7.03. The normalized spacial score (nSPS) is 11.0. The first kappa shape index (κ1) is 16.8. The number of imidazole rings is 1. The zero-order chi connectivity index (χ0) is 18.1. The van der Waals surface area contributed by atoms with Gasteiger partial charge in [-0.05, 0) is 19.1 Å². The summed E-state index contributed by atoms with van der Waals surface area (Å²) in [6.07, 6.45) is 0. The summed E-state index contributed by atoms with van der Waals surface area (Å²) in [5.41, 5.74) is 13.9. The van der Waals surface area contributed by atoms with Gasteiger partial charge in [0.1, 0.15) is 17.3 Å². The number of phenolic OH excluding ortho intramolecular Hbond substituents is 1. The van der Waals surface area contributed by atoms with E-state index in [2.05, 4.69) is 26.8 Å². The Morgan fingerprint density at radius 1 is 1.28 bits per heavy atom. The van der Waals surface area contributed by atoms with E-state index in [1.807, 2.05) is 11.5 Å². The molecule has 0 bridgehead atoms. The second kappa shape index (κ2) is 6.48. The highest BCUT2D eigenvalue weighted by Gasteiger charge is 2.14. The summed E-state index contributed by atoms with van der Waals surface area (Å²) in [6, 6.07) is 5.07. The summed E-state index contributed by atoms with van der Waals surface area (Å²) in [4.78, 5) is 12.6. The van der Waals surface area contributed by atoms with Crippen molar-refractivity contribution in [2.75, 3.05) is 11.5 Å². The maximum absolute atomic E-state index is 9.68. The number of rotatable bonds is 5. The fourth-order valence-corrected chi connectivity index (χ4v) is 2.71. The molecule has 1 aromatic carbocycles. The third kappa shape index (κ3) is 3.16. The third-order valence-electron chi connectivity index (χ3n) is 3.78. The number of fused-ring (bicyclic) bond motifs is 1. The molecule has 0 aliphatic heterocycles. The Bertz CT molecular complexity index is 967. The van der Waals surface area contributed by atoms with Crippen molar-refractivity contribution in [3.63, 3.8) is 0 Å². The molecule has 8 nitrogen and oxygen atoms in total. The average Bonchev–Trinajstić information content (AvgIpc) is 2.92. The van der Waals surface area contributed by atoms with Gasteiger partial charge in [-0.1, -0.05) is 18.2 Å². The Kier molecular flexibility index (Phi) is 4.37. The SMILES string of the molecule is C=C(NCc1nc2ccc(O)cc2n1CC)c1nc(Cl)c(N)nc1N. The van der Waals surface area contributed by atoms with Crippen molar-refractivity contribution in [1.29, 1.82) is 0 Å². The molecule has 130 valence electrons. The van der Waals surface area contributed by atoms with Gasteiger partial charge >= 0.3 is 0 Å². The quantitative estimate of drug-likeness (QED) is 0.549. The monoisotopic (exact) mass is 359 g/mol. The van der Waals surface area contributed by atoms with Crippen LogP contribution in [0.2, 0.25) is 5.15 Å². The lowest BCUT2D eigenvalue weighted by Crippen LogP contribution is -2.17. The fraction of sp³-hybridized carbons (Fsp3) is 0.188. The number of benzene rings is 1. The van der Waals surface area contributed by atoms with Gasteiger partial charge in [-0.3, -0.25) is 0 Å². The Morgan fingerprint density at radius 3 is 2.76 bits per heavy atom. The number of halogens is 1. The predicted octanol–water partition coefficient (Wildman–Crippen LogP) is 2.13. The minimum atomic E-state index is 0.0725. The molecule has 0 saturated carbocycles. The zero-order valence-electron chi connectivity index (χ0n) is 13.6. The zero-order valence-corrected chi connectivity index (χ0v) is 14.4. The number of aromatic hydroxyl groups is 1. The number of nitrogens with zero attached hydrogens (tertiary/aromatic N) is 4. The molecule has 9 heteroatoms. The van der Waals surface area contributed by atoms with Crippen molar-refractivity contribution in [2.24, 2.45) is 0 Å². The van der Waals surface area contributed by atoms with E-state index in [4.69, 9.17) is 23.1 Å². The van der Waals surface area contributed by atoms with Gasteiger partial charge in [0.05, 0.1) is 23.3 Å². The number of hydrogen-bond donors (Lipinski definition) is 4. The first-order valence-electron chi connectivity index (χ1n) is 7.60. The van der Waals surface area contributed by atoms with Crippen molar-refractivity contribution >= 4 is 40.0 Å². The van der Waals surface area contributed by atoms with E-state index in [-0.39, 0.29) is 22.5 Å². The number of nitrogens with one attached hydrogen (secondary N) is 1. The Labute approximate surface area is 149 Å². The van der Waals surface area contributed by atoms with Crippen LogP contribution >= 0.6 is 11.6 Å². The van der Waals surface area contributed by atoms with Crippen LogP contribution in [-0.4, -0.2) is 24.6 Å². The molecule has 0 amide bonds. The second-order valence-corrected chi connectivity index (χ2v) is 5.77. The molecular weight excluding hydrogens is 342 g/mol. The van der Waals surface area contributed by atoms with Crippen molar-refractivity contribution in [3.8, 4) is 5.75 Å². The van der Waals surface area contributed by atoms with Gasteiger partial charge in [0.15, 0.2) is 16.8 Å². The van der Waals surface area contributed by atoms with Crippen LogP contribution in [-0.2, 0) is 13.1 Å². The molecule has 0 fully saturated rings. The summed E-state index contributed by atoms with van der Waals surface area (Å²) in [5, 5.41) is 12.9. The summed E-state index contributed by atoms with van der Waals surface area (Å²) in [5.74, 6) is 1.21. The number of phenols is 1. The fourth-order valence-electron chi connectivity index (χ4n) is 2.58.